The zero-order chi connectivity index (χ0) is 34.3. The van der Waals surface area contributed by atoms with Crippen LogP contribution >= 0.6 is 0 Å². The Morgan fingerprint density at radius 3 is 1.96 bits per heavy atom. The second kappa shape index (κ2) is 19.5. The molecule has 0 aromatic rings. The average molecular weight is 644 g/mol. The quantitative estimate of drug-likeness (QED) is 0.0607. The fraction of sp³-hybridized carbons (Fsp3) is 0.750. The van der Waals surface area contributed by atoms with E-state index in [1.165, 1.54) is 13.8 Å². The zero-order valence-electron chi connectivity index (χ0n) is 26.3. The van der Waals surface area contributed by atoms with E-state index < -0.39 is 84.3 Å². The third-order valence-electron chi connectivity index (χ3n) is 7.56. The fourth-order valence-electron chi connectivity index (χ4n) is 4.58. The van der Waals surface area contributed by atoms with Gasteiger partial charge in [-0.3, -0.25) is 28.8 Å². The summed E-state index contributed by atoms with van der Waals surface area (Å²) in [5, 5.41) is 43.9. The summed E-state index contributed by atoms with van der Waals surface area (Å²) in [6.45, 7) is 7.04. The minimum atomic E-state index is -1.67. The number of amides is 5. The molecule has 0 aromatic heterocycles. The van der Waals surface area contributed by atoms with Crippen molar-refractivity contribution in [3.05, 3.63) is 0 Å². The summed E-state index contributed by atoms with van der Waals surface area (Å²) in [6, 6.07) is -7.39. The maximum Gasteiger partial charge on any atom is 0.326 e. The molecule has 1 aliphatic heterocycles. The van der Waals surface area contributed by atoms with Gasteiger partial charge in [-0.25, -0.2) is 4.79 Å². The molecule has 0 spiro atoms. The molecule has 17 nitrogen and oxygen atoms in total. The number of carboxylic acids is 2. The molecule has 11 N–H and O–H groups in total. The van der Waals surface area contributed by atoms with Gasteiger partial charge in [0, 0.05) is 0 Å². The van der Waals surface area contributed by atoms with Crippen LogP contribution in [0.3, 0.4) is 0 Å². The number of nitrogens with one attached hydrogen (secondary N) is 6. The van der Waals surface area contributed by atoms with Gasteiger partial charge in [0.1, 0.15) is 30.2 Å². The zero-order valence-corrected chi connectivity index (χ0v) is 26.3. The van der Waals surface area contributed by atoms with Crippen molar-refractivity contribution >= 4 is 41.5 Å². The number of aliphatic carboxylic acids is 2. The number of carboxylic acid groups (broad SMARTS) is 2. The van der Waals surface area contributed by atoms with Gasteiger partial charge in [0.2, 0.25) is 29.5 Å². The van der Waals surface area contributed by atoms with E-state index in [0.717, 1.165) is 6.42 Å². The largest absolute Gasteiger partial charge is 0.481 e. The molecule has 45 heavy (non-hydrogen) atoms. The molecule has 0 bridgehead atoms. The first-order valence-electron chi connectivity index (χ1n) is 15.2. The molecule has 8 atom stereocenters. The molecule has 0 radical (unpaired) electrons. The Kier molecular flexibility index (Phi) is 17.0. The van der Waals surface area contributed by atoms with Crippen LogP contribution in [0.1, 0.15) is 72.6 Å². The van der Waals surface area contributed by atoms with Gasteiger partial charge in [-0.2, -0.15) is 0 Å². The molecule has 0 unspecified atom stereocenters. The molecule has 17 heteroatoms. The summed E-state index contributed by atoms with van der Waals surface area (Å²) in [5.41, 5.74) is 5.41. The summed E-state index contributed by atoms with van der Waals surface area (Å²) < 4.78 is 0. The van der Waals surface area contributed by atoms with Crippen LogP contribution in [0.4, 0.5) is 0 Å². The van der Waals surface area contributed by atoms with Crippen molar-refractivity contribution in [2.24, 2.45) is 11.7 Å². The summed E-state index contributed by atoms with van der Waals surface area (Å²) >= 11 is 0. The number of carbonyl (C=O) groups is 7. The third kappa shape index (κ3) is 13.4. The first-order chi connectivity index (χ1) is 21.1. The Morgan fingerprint density at radius 1 is 0.822 bits per heavy atom. The normalized spacial score (nSPS) is 19.0. The Morgan fingerprint density at radius 2 is 1.44 bits per heavy atom. The summed E-state index contributed by atoms with van der Waals surface area (Å²) in [4.78, 5) is 87.5. The molecule has 256 valence electrons. The molecule has 5 amide bonds. The standard InChI is InChI=1S/C28H49N7O10/c1-5-14(2)21(34-24(40)17-10-8-12-30-17)26(42)35-22(16(4)36)27(43)31-15(3)23(39)33-19(13-20(37)38)25(41)32-18(28(44)45)9-6-7-11-29/h14-19,21-22,30,36H,5-13,29H2,1-4H3,(H,31,43)(H,32,41)(H,33,39)(H,34,40)(H,35,42)(H,37,38)(H,44,45)/t14-,15-,16+,17-,18-,19-,21-,22-/m0/s1. The lowest BCUT2D eigenvalue weighted by Gasteiger charge is -2.29. The van der Waals surface area contributed by atoms with Crippen LogP contribution in [0.15, 0.2) is 0 Å². The number of aliphatic hydroxyl groups excluding tert-OH is 1. The van der Waals surface area contributed by atoms with Gasteiger partial charge in [-0.05, 0) is 65.0 Å². The summed E-state index contributed by atoms with van der Waals surface area (Å²) in [6.07, 6.45) is 0.568. The van der Waals surface area contributed by atoms with Gasteiger partial charge in [-0.1, -0.05) is 20.3 Å². The van der Waals surface area contributed by atoms with E-state index in [1.54, 1.807) is 6.92 Å². The third-order valence-corrected chi connectivity index (χ3v) is 7.56. The van der Waals surface area contributed by atoms with Crippen LogP contribution in [0, 0.1) is 5.92 Å². The highest BCUT2D eigenvalue weighted by Gasteiger charge is 2.35. The highest BCUT2D eigenvalue weighted by Crippen LogP contribution is 2.12. The topological polar surface area (TPSA) is 278 Å². The maximum absolute atomic E-state index is 13.2. The van der Waals surface area contributed by atoms with Crippen molar-refractivity contribution in [1.82, 2.24) is 31.9 Å². The van der Waals surface area contributed by atoms with Crippen LogP contribution < -0.4 is 37.6 Å². The molecule has 1 rings (SSSR count). The predicted molar refractivity (Wildman–Crippen MR) is 160 cm³/mol. The Hall–Kier alpha value is -3.83. The Labute approximate surface area is 262 Å². The Bertz CT molecular complexity index is 1050. The monoisotopic (exact) mass is 643 g/mol. The van der Waals surface area contributed by atoms with Crippen molar-refractivity contribution in [2.75, 3.05) is 13.1 Å². The van der Waals surface area contributed by atoms with Gasteiger partial charge in [0.25, 0.3) is 0 Å². The molecule has 1 saturated heterocycles. The lowest BCUT2D eigenvalue weighted by atomic mass is 9.97. The molecule has 1 heterocycles. The second-order valence-corrected chi connectivity index (χ2v) is 11.3. The number of carbonyl (C=O) groups excluding carboxylic acids is 5. The van der Waals surface area contributed by atoms with E-state index in [2.05, 4.69) is 31.9 Å². The number of hydrogen-bond donors (Lipinski definition) is 10. The minimum Gasteiger partial charge on any atom is -0.481 e. The number of nitrogens with two attached hydrogens (primary N) is 1. The summed E-state index contributed by atoms with van der Waals surface area (Å²) in [7, 11) is 0. The fourth-order valence-corrected chi connectivity index (χ4v) is 4.58. The minimum absolute atomic E-state index is 0.0317. The van der Waals surface area contributed by atoms with E-state index in [0.29, 0.717) is 38.8 Å². The van der Waals surface area contributed by atoms with Crippen LogP contribution in [-0.4, -0.2) is 112 Å². The van der Waals surface area contributed by atoms with Crippen molar-refractivity contribution in [3.8, 4) is 0 Å². The van der Waals surface area contributed by atoms with Crippen molar-refractivity contribution < 1.29 is 48.9 Å². The second-order valence-electron chi connectivity index (χ2n) is 11.3. The van der Waals surface area contributed by atoms with E-state index in [-0.39, 0.29) is 18.2 Å². The van der Waals surface area contributed by atoms with E-state index >= 15 is 0 Å². The van der Waals surface area contributed by atoms with E-state index in [9.17, 15) is 48.9 Å². The molecule has 1 fully saturated rings. The van der Waals surface area contributed by atoms with Crippen LogP contribution in [-0.2, 0) is 33.6 Å². The molecular formula is C28H49N7O10. The van der Waals surface area contributed by atoms with Crippen molar-refractivity contribution in [1.29, 1.82) is 0 Å². The van der Waals surface area contributed by atoms with Crippen LogP contribution in [0.25, 0.3) is 0 Å². The SMILES string of the molecule is CC[C@H](C)[C@H](NC(=O)[C@@H]1CCCN1)C(=O)N[C@H](C(=O)N[C@@H](C)C(=O)N[C@@H](CC(=O)O)C(=O)N[C@@H](CCCCN)C(=O)O)[C@@H](C)O. The first-order valence-corrected chi connectivity index (χ1v) is 15.2. The molecule has 0 aromatic carbocycles. The van der Waals surface area contributed by atoms with E-state index in [4.69, 9.17) is 5.73 Å². The van der Waals surface area contributed by atoms with Crippen molar-refractivity contribution in [3.63, 3.8) is 0 Å². The van der Waals surface area contributed by atoms with Gasteiger partial charge in [0.15, 0.2) is 0 Å². The highest BCUT2D eigenvalue weighted by atomic mass is 16.4. The number of rotatable bonds is 20. The smallest absolute Gasteiger partial charge is 0.326 e. The van der Waals surface area contributed by atoms with Gasteiger partial charge >= 0.3 is 11.9 Å². The highest BCUT2D eigenvalue weighted by molar-refractivity contribution is 5.97. The summed E-state index contributed by atoms with van der Waals surface area (Å²) in [5.74, 6) is -7.19. The Balaban J connectivity index is 2.94. The first kappa shape index (κ1) is 39.2. The number of unbranched alkanes of at least 4 members (excludes halogenated alkanes) is 1. The van der Waals surface area contributed by atoms with Gasteiger partial charge in [0.05, 0.1) is 18.6 Å². The van der Waals surface area contributed by atoms with Gasteiger partial charge in [-0.15, -0.1) is 0 Å². The maximum atomic E-state index is 13.2. The number of aliphatic hydroxyl groups is 1. The average Bonchev–Trinajstić information content (AvgIpc) is 3.52. The van der Waals surface area contributed by atoms with E-state index in [1.807, 2.05) is 6.92 Å². The molecule has 0 saturated carbocycles. The molecule has 0 aliphatic carbocycles. The lowest BCUT2D eigenvalue weighted by Crippen LogP contribution is -2.61. The lowest BCUT2D eigenvalue weighted by molar-refractivity contribution is -0.144. The number of hydrogen-bond acceptors (Lipinski definition) is 10. The van der Waals surface area contributed by atoms with Gasteiger partial charge < -0.3 is 53.0 Å². The van der Waals surface area contributed by atoms with Crippen LogP contribution in [0.2, 0.25) is 0 Å². The molecule has 1 aliphatic rings. The molecular weight excluding hydrogens is 594 g/mol. The predicted octanol–water partition coefficient (Wildman–Crippen LogP) is -2.70. The van der Waals surface area contributed by atoms with Crippen molar-refractivity contribution in [2.45, 2.75) is 115 Å². The van der Waals surface area contributed by atoms with Crippen LogP contribution in [0.5, 0.6) is 0 Å².